The molecule has 0 bridgehead atoms. The highest BCUT2D eigenvalue weighted by molar-refractivity contribution is 6.13. The molecule has 0 aromatic carbocycles. The van der Waals surface area contributed by atoms with Gasteiger partial charge in [0.1, 0.15) is 12.9 Å². The molecule has 1 rings (SSSR count). The van der Waals surface area contributed by atoms with Gasteiger partial charge in [-0.25, -0.2) is 0 Å². The van der Waals surface area contributed by atoms with Crippen molar-refractivity contribution in [2.24, 2.45) is 11.7 Å². The van der Waals surface area contributed by atoms with Crippen LogP contribution < -0.4 is 16.4 Å². The van der Waals surface area contributed by atoms with Crippen LogP contribution in [0.4, 0.5) is 0 Å². The number of hydrogen-bond acceptors (Lipinski definition) is 8. The molecule has 1 aliphatic rings. The van der Waals surface area contributed by atoms with Gasteiger partial charge < -0.3 is 30.6 Å². The van der Waals surface area contributed by atoms with Gasteiger partial charge in [0.25, 0.3) is 11.8 Å². The zero-order valence-electron chi connectivity index (χ0n) is 19.9. The number of primary amides is 1. The SMILES string of the molecule is CC(C=O)CCCCNC(=O)COCCOCCNC(=O)CCN1C(=O)C=CC1=O.CC(N)=O. The standard InChI is InChI=1S/C20H31N3O7.C2H5NO/c1-16(14-24)4-2-3-8-21-18(26)15-30-13-12-29-11-9-22-17(25)7-10-23-19(27)5-6-20(23)28;1-2(3)4/h5-6,14,16H,2-4,7-13,15H2,1H3,(H,21,26)(H,22,25);1H3,(H2,3,4). The zero-order chi connectivity index (χ0) is 25.8. The van der Waals surface area contributed by atoms with E-state index in [0.717, 1.165) is 30.4 Å². The van der Waals surface area contributed by atoms with E-state index in [-0.39, 0.29) is 63.0 Å². The van der Waals surface area contributed by atoms with Gasteiger partial charge in [0, 0.05) is 51.0 Å². The van der Waals surface area contributed by atoms with Gasteiger partial charge in [-0.3, -0.25) is 28.9 Å². The summed E-state index contributed by atoms with van der Waals surface area (Å²) < 4.78 is 10.5. The summed E-state index contributed by atoms with van der Waals surface area (Å²) >= 11 is 0. The van der Waals surface area contributed by atoms with Crippen LogP contribution in [0.5, 0.6) is 0 Å². The molecule has 5 amide bonds. The van der Waals surface area contributed by atoms with Gasteiger partial charge in [-0.05, 0) is 12.8 Å². The fourth-order valence-corrected chi connectivity index (χ4v) is 2.54. The molecule has 0 radical (unpaired) electrons. The van der Waals surface area contributed by atoms with Crippen LogP contribution in [0.25, 0.3) is 0 Å². The van der Waals surface area contributed by atoms with E-state index in [9.17, 15) is 28.8 Å². The molecule has 1 aliphatic heterocycles. The first-order valence-corrected chi connectivity index (χ1v) is 11.1. The van der Waals surface area contributed by atoms with Crippen LogP contribution in [0.15, 0.2) is 12.2 Å². The van der Waals surface area contributed by atoms with Crippen molar-refractivity contribution in [3.05, 3.63) is 12.2 Å². The predicted octanol–water partition coefficient (Wildman–Crippen LogP) is -0.936. The van der Waals surface area contributed by atoms with Crippen molar-refractivity contribution in [3.63, 3.8) is 0 Å². The van der Waals surface area contributed by atoms with E-state index in [1.807, 2.05) is 6.92 Å². The fourth-order valence-electron chi connectivity index (χ4n) is 2.54. The van der Waals surface area contributed by atoms with E-state index in [4.69, 9.17) is 9.47 Å². The van der Waals surface area contributed by atoms with Gasteiger partial charge in [0.2, 0.25) is 17.7 Å². The van der Waals surface area contributed by atoms with Crippen LogP contribution in [0.1, 0.15) is 39.5 Å². The molecule has 1 atom stereocenters. The molecule has 4 N–H and O–H groups in total. The maximum absolute atomic E-state index is 11.7. The molecular weight excluding hydrogens is 448 g/mol. The van der Waals surface area contributed by atoms with Gasteiger partial charge in [-0.1, -0.05) is 13.3 Å². The first-order chi connectivity index (χ1) is 16.2. The quantitative estimate of drug-likeness (QED) is 0.135. The largest absolute Gasteiger partial charge is 0.377 e. The van der Waals surface area contributed by atoms with Gasteiger partial charge in [-0.15, -0.1) is 0 Å². The average molecular weight is 485 g/mol. The number of nitrogens with zero attached hydrogens (tertiary/aromatic N) is 1. The van der Waals surface area contributed by atoms with Crippen LogP contribution in [0, 0.1) is 5.92 Å². The average Bonchev–Trinajstić information content (AvgIpc) is 3.10. The number of nitrogens with one attached hydrogen (secondary N) is 2. The van der Waals surface area contributed by atoms with Crippen molar-refractivity contribution in [3.8, 4) is 0 Å². The van der Waals surface area contributed by atoms with Crippen LogP contribution in [0.3, 0.4) is 0 Å². The van der Waals surface area contributed by atoms with Gasteiger partial charge in [0.15, 0.2) is 0 Å². The number of nitrogens with two attached hydrogens (primary N) is 1. The summed E-state index contributed by atoms with van der Waals surface area (Å²) in [4.78, 5) is 66.7. The normalized spacial score (nSPS) is 13.2. The zero-order valence-corrected chi connectivity index (χ0v) is 19.9. The van der Waals surface area contributed by atoms with Crippen LogP contribution in [-0.4, -0.2) is 86.8 Å². The number of rotatable bonds is 17. The van der Waals surface area contributed by atoms with Crippen molar-refractivity contribution in [1.82, 2.24) is 15.5 Å². The lowest BCUT2D eigenvalue weighted by molar-refractivity contribution is -0.137. The lowest BCUT2D eigenvalue weighted by Crippen LogP contribution is -2.35. The summed E-state index contributed by atoms with van der Waals surface area (Å²) in [6, 6.07) is 0. The number of carbonyl (C=O) groups excluding carboxylic acids is 6. The lowest BCUT2D eigenvalue weighted by atomic mass is 10.1. The van der Waals surface area contributed by atoms with Crippen molar-refractivity contribution in [2.45, 2.75) is 39.5 Å². The first kappa shape index (κ1) is 30.9. The smallest absolute Gasteiger partial charge is 0.253 e. The van der Waals surface area contributed by atoms with Gasteiger partial charge in [0.05, 0.1) is 19.8 Å². The highest BCUT2D eigenvalue weighted by Gasteiger charge is 2.23. The van der Waals surface area contributed by atoms with Gasteiger partial charge >= 0.3 is 0 Å². The van der Waals surface area contributed by atoms with E-state index >= 15 is 0 Å². The second-order valence-electron chi connectivity index (χ2n) is 7.50. The third kappa shape index (κ3) is 17.4. The summed E-state index contributed by atoms with van der Waals surface area (Å²) in [5, 5.41) is 5.38. The van der Waals surface area contributed by atoms with Crippen molar-refractivity contribution >= 4 is 35.8 Å². The molecule has 0 aromatic heterocycles. The topological polar surface area (TPSA) is 174 Å². The minimum Gasteiger partial charge on any atom is -0.377 e. The third-order valence-electron chi connectivity index (χ3n) is 4.28. The molecule has 34 heavy (non-hydrogen) atoms. The Balaban J connectivity index is 0.00000251. The molecule has 0 aliphatic carbocycles. The fraction of sp³-hybridized carbons (Fsp3) is 0.636. The van der Waals surface area contributed by atoms with E-state index in [1.54, 1.807) is 0 Å². The number of amides is 5. The number of unbranched alkanes of at least 4 members (excludes halogenated alkanes) is 1. The molecule has 12 heteroatoms. The highest BCUT2D eigenvalue weighted by atomic mass is 16.5. The minimum atomic E-state index is -0.408. The summed E-state index contributed by atoms with van der Waals surface area (Å²) in [7, 11) is 0. The van der Waals surface area contributed by atoms with Crippen LogP contribution in [0.2, 0.25) is 0 Å². The Hall–Kier alpha value is -3.12. The van der Waals surface area contributed by atoms with E-state index in [2.05, 4.69) is 16.4 Å². The monoisotopic (exact) mass is 484 g/mol. The second-order valence-corrected chi connectivity index (χ2v) is 7.50. The maximum atomic E-state index is 11.7. The molecular formula is C22H36N4O8. The number of hydrogen-bond donors (Lipinski definition) is 3. The first-order valence-electron chi connectivity index (χ1n) is 11.1. The van der Waals surface area contributed by atoms with Crippen molar-refractivity contribution in [2.75, 3.05) is 46.1 Å². The maximum Gasteiger partial charge on any atom is 0.253 e. The summed E-state index contributed by atoms with van der Waals surface area (Å²) in [6.45, 7) is 4.85. The number of aldehydes is 1. The Labute approximate surface area is 199 Å². The third-order valence-corrected chi connectivity index (χ3v) is 4.28. The Morgan fingerprint density at radius 2 is 1.59 bits per heavy atom. The molecule has 0 saturated heterocycles. The molecule has 1 unspecified atom stereocenters. The van der Waals surface area contributed by atoms with E-state index in [0.29, 0.717) is 13.1 Å². The Morgan fingerprint density at radius 3 is 2.21 bits per heavy atom. The highest BCUT2D eigenvalue weighted by Crippen LogP contribution is 2.04. The minimum absolute atomic E-state index is 0.0352. The molecule has 0 fully saturated rings. The molecule has 0 saturated carbocycles. The van der Waals surface area contributed by atoms with Crippen molar-refractivity contribution in [1.29, 1.82) is 0 Å². The molecule has 192 valence electrons. The Kier molecular flexibility index (Phi) is 17.6. The van der Waals surface area contributed by atoms with Crippen LogP contribution in [-0.2, 0) is 38.2 Å². The second kappa shape index (κ2) is 19.4. The van der Waals surface area contributed by atoms with E-state index in [1.165, 1.54) is 19.1 Å². The van der Waals surface area contributed by atoms with Crippen LogP contribution >= 0.6 is 0 Å². The lowest BCUT2D eigenvalue weighted by Gasteiger charge is -2.13. The molecule has 0 spiro atoms. The number of ether oxygens (including phenoxy) is 2. The predicted molar refractivity (Wildman–Crippen MR) is 122 cm³/mol. The molecule has 1 heterocycles. The summed E-state index contributed by atoms with van der Waals surface area (Å²) in [5.41, 5.74) is 4.47. The van der Waals surface area contributed by atoms with Crippen molar-refractivity contribution < 1.29 is 38.2 Å². The molecule has 12 nitrogen and oxygen atoms in total. The van der Waals surface area contributed by atoms with Gasteiger partial charge in [-0.2, -0.15) is 0 Å². The number of imide groups is 1. The van der Waals surface area contributed by atoms with E-state index < -0.39 is 11.8 Å². The Bertz CT molecular complexity index is 689. The summed E-state index contributed by atoms with van der Waals surface area (Å²) in [6.07, 6.45) is 5.85. The summed E-state index contributed by atoms with van der Waals surface area (Å²) in [5.74, 6) is -1.57. The molecule has 0 aromatic rings. The Morgan fingerprint density at radius 1 is 1.00 bits per heavy atom. The number of carbonyl (C=O) groups is 6.